The Kier molecular flexibility index (Phi) is 10.5. The molecule has 0 spiro atoms. The molecule has 3 N–H and O–H groups in total. The number of allylic oxidation sites excluding steroid dienone is 1. The van der Waals surface area contributed by atoms with Crippen molar-refractivity contribution in [2.75, 3.05) is 19.6 Å². The summed E-state index contributed by atoms with van der Waals surface area (Å²) in [6, 6.07) is 0. The minimum Gasteiger partial charge on any atom is -0.444 e. The number of hydrogen-bond donors (Lipinski definition) is 3. The van der Waals surface area contributed by atoms with Crippen molar-refractivity contribution in [3.05, 3.63) is 12.2 Å². The predicted octanol–water partition coefficient (Wildman–Crippen LogP) is 2.66. The SMILES string of the molecule is CC(C)(C)OC(=O)NCCC(=O)NCCCNC(=O)/C=C/C1CCCCC1. The summed E-state index contributed by atoms with van der Waals surface area (Å²) in [6.07, 6.45) is 10.2. The molecular formula is C20H35N3O4. The highest BCUT2D eigenvalue weighted by Crippen LogP contribution is 2.24. The largest absolute Gasteiger partial charge is 0.444 e. The van der Waals surface area contributed by atoms with Gasteiger partial charge in [-0.05, 0) is 52.0 Å². The van der Waals surface area contributed by atoms with Gasteiger partial charge in [0, 0.05) is 26.1 Å². The lowest BCUT2D eigenvalue weighted by Gasteiger charge is -2.19. The van der Waals surface area contributed by atoms with Crippen molar-refractivity contribution in [1.29, 1.82) is 0 Å². The van der Waals surface area contributed by atoms with Crippen molar-refractivity contribution in [2.45, 2.75) is 71.3 Å². The van der Waals surface area contributed by atoms with Crippen LogP contribution >= 0.6 is 0 Å². The molecule has 0 radical (unpaired) electrons. The average molecular weight is 382 g/mol. The Hall–Kier alpha value is -2.05. The number of amides is 3. The molecule has 0 aromatic carbocycles. The second-order valence-electron chi connectivity index (χ2n) is 7.93. The number of nitrogens with one attached hydrogen (secondary N) is 3. The first-order chi connectivity index (χ1) is 12.8. The average Bonchev–Trinajstić information content (AvgIpc) is 2.59. The van der Waals surface area contributed by atoms with Crippen LogP contribution in [0.4, 0.5) is 4.79 Å². The van der Waals surface area contributed by atoms with Gasteiger partial charge in [0.25, 0.3) is 0 Å². The monoisotopic (exact) mass is 381 g/mol. The van der Waals surface area contributed by atoms with E-state index in [0.29, 0.717) is 25.4 Å². The van der Waals surface area contributed by atoms with E-state index in [2.05, 4.69) is 16.0 Å². The van der Waals surface area contributed by atoms with Gasteiger partial charge in [0.15, 0.2) is 0 Å². The second-order valence-corrected chi connectivity index (χ2v) is 7.93. The van der Waals surface area contributed by atoms with Crippen LogP contribution in [0.2, 0.25) is 0 Å². The lowest BCUT2D eigenvalue weighted by Crippen LogP contribution is -2.35. The Labute approximate surface area is 162 Å². The van der Waals surface area contributed by atoms with E-state index < -0.39 is 11.7 Å². The molecule has 0 aliphatic heterocycles. The number of alkyl carbamates (subject to hydrolysis) is 1. The van der Waals surface area contributed by atoms with Gasteiger partial charge in [-0.2, -0.15) is 0 Å². The van der Waals surface area contributed by atoms with Crippen LogP contribution in [0.1, 0.15) is 65.7 Å². The van der Waals surface area contributed by atoms with Crippen molar-refractivity contribution in [3.63, 3.8) is 0 Å². The van der Waals surface area contributed by atoms with Crippen LogP contribution in [0.15, 0.2) is 12.2 Å². The quantitative estimate of drug-likeness (QED) is 0.422. The van der Waals surface area contributed by atoms with E-state index in [9.17, 15) is 14.4 Å². The van der Waals surface area contributed by atoms with Crippen molar-refractivity contribution >= 4 is 17.9 Å². The van der Waals surface area contributed by atoms with Crippen molar-refractivity contribution in [2.24, 2.45) is 5.92 Å². The summed E-state index contributed by atoms with van der Waals surface area (Å²) in [5.41, 5.74) is -0.553. The first-order valence-electron chi connectivity index (χ1n) is 9.96. The van der Waals surface area contributed by atoms with Crippen LogP contribution < -0.4 is 16.0 Å². The second kappa shape index (κ2) is 12.4. The summed E-state index contributed by atoms with van der Waals surface area (Å²) in [5.74, 6) is 0.320. The fourth-order valence-corrected chi connectivity index (χ4v) is 2.82. The number of ether oxygens (including phenoxy) is 1. The highest BCUT2D eigenvalue weighted by Gasteiger charge is 2.15. The van der Waals surface area contributed by atoms with E-state index in [-0.39, 0.29) is 24.8 Å². The fraction of sp³-hybridized carbons (Fsp3) is 0.750. The van der Waals surface area contributed by atoms with Gasteiger partial charge in [-0.15, -0.1) is 0 Å². The minimum atomic E-state index is -0.553. The van der Waals surface area contributed by atoms with Crippen LogP contribution in [0, 0.1) is 5.92 Å². The molecular weight excluding hydrogens is 346 g/mol. The van der Waals surface area contributed by atoms with Gasteiger partial charge < -0.3 is 20.7 Å². The molecule has 0 atom stereocenters. The molecule has 3 amide bonds. The van der Waals surface area contributed by atoms with E-state index in [0.717, 1.165) is 0 Å². The van der Waals surface area contributed by atoms with Crippen molar-refractivity contribution < 1.29 is 19.1 Å². The van der Waals surface area contributed by atoms with Gasteiger partial charge >= 0.3 is 6.09 Å². The molecule has 7 nitrogen and oxygen atoms in total. The Morgan fingerprint density at radius 2 is 1.63 bits per heavy atom. The molecule has 154 valence electrons. The normalized spacial score (nSPS) is 15.4. The Morgan fingerprint density at radius 1 is 0.963 bits per heavy atom. The standard InChI is InChI=1S/C20H35N3O4/c1-20(2,3)27-19(26)23-15-12-18(25)22-14-7-13-21-17(24)11-10-16-8-5-4-6-9-16/h10-11,16H,4-9,12-15H2,1-3H3,(H,21,24)(H,22,25)(H,23,26)/b11-10+. The fourth-order valence-electron chi connectivity index (χ4n) is 2.82. The van der Waals surface area contributed by atoms with Crippen molar-refractivity contribution in [1.82, 2.24) is 16.0 Å². The molecule has 0 saturated heterocycles. The third-order valence-corrected chi connectivity index (χ3v) is 4.16. The highest BCUT2D eigenvalue weighted by atomic mass is 16.6. The number of carbonyl (C=O) groups is 3. The summed E-state index contributed by atoms with van der Waals surface area (Å²) in [7, 11) is 0. The molecule has 1 saturated carbocycles. The van der Waals surface area contributed by atoms with Crippen LogP contribution in [0.25, 0.3) is 0 Å². The number of hydrogen-bond acceptors (Lipinski definition) is 4. The lowest BCUT2D eigenvalue weighted by atomic mass is 9.89. The van der Waals surface area contributed by atoms with E-state index in [4.69, 9.17) is 4.74 Å². The maximum Gasteiger partial charge on any atom is 0.407 e. The minimum absolute atomic E-state index is 0.0755. The first kappa shape index (κ1) is 23.0. The number of carbonyl (C=O) groups excluding carboxylic acids is 3. The van der Waals surface area contributed by atoms with Gasteiger partial charge in [-0.1, -0.05) is 25.3 Å². The molecule has 1 aliphatic rings. The molecule has 1 rings (SSSR count). The molecule has 7 heteroatoms. The van der Waals surface area contributed by atoms with E-state index in [1.54, 1.807) is 26.8 Å². The molecule has 0 heterocycles. The smallest absolute Gasteiger partial charge is 0.407 e. The maximum absolute atomic E-state index is 11.7. The Bertz CT molecular complexity index is 506. The third kappa shape index (κ3) is 12.9. The van der Waals surface area contributed by atoms with Crippen LogP contribution in [-0.4, -0.2) is 43.1 Å². The van der Waals surface area contributed by atoms with Crippen LogP contribution in [0.3, 0.4) is 0 Å². The summed E-state index contributed by atoms with van der Waals surface area (Å²) in [4.78, 5) is 34.9. The zero-order valence-corrected chi connectivity index (χ0v) is 16.9. The van der Waals surface area contributed by atoms with E-state index in [1.807, 2.05) is 6.08 Å². The van der Waals surface area contributed by atoms with Gasteiger partial charge in [0.2, 0.25) is 11.8 Å². The Balaban J connectivity index is 2.00. The van der Waals surface area contributed by atoms with Crippen LogP contribution in [-0.2, 0) is 14.3 Å². The van der Waals surface area contributed by atoms with Crippen molar-refractivity contribution in [3.8, 4) is 0 Å². The van der Waals surface area contributed by atoms with E-state index >= 15 is 0 Å². The van der Waals surface area contributed by atoms with Gasteiger partial charge in [-0.25, -0.2) is 4.79 Å². The molecule has 1 aliphatic carbocycles. The summed E-state index contributed by atoms with van der Waals surface area (Å²) in [6.45, 7) is 6.57. The maximum atomic E-state index is 11.7. The predicted molar refractivity (Wildman–Crippen MR) is 105 cm³/mol. The zero-order valence-electron chi connectivity index (χ0n) is 16.9. The molecule has 0 unspecified atom stereocenters. The molecule has 27 heavy (non-hydrogen) atoms. The highest BCUT2D eigenvalue weighted by molar-refractivity contribution is 5.87. The Morgan fingerprint density at radius 3 is 2.30 bits per heavy atom. The van der Waals surface area contributed by atoms with Gasteiger partial charge in [0.1, 0.15) is 5.60 Å². The third-order valence-electron chi connectivity index (χ3n) is 4.16. The summed E-state index contributed by atoms with van der Waals surface area (Å²) < 4.78 is 5.09. The summed E-state index contributed by atoms with van der Waals surface area (Å²) in [5, 5.41) is 8.13. The van der Waals surface area contributed by atoms with Crippen LogP contribution in [0.5, 0.6) is 0 Å². The molecule has 1 fully saturated rings. The van der Waals surface area contributed by atoms with E-state index in [1.165, 1.54) is 32.1 Å². The lowest BCUT2D eigenvalue weighted by molar-refractivity contribution is -0.120. The van der Waals surface area contributed by atoms with Gasteiger partial charge in [0.05, 0.1) is 0 Å². The zero-order chi connectivity index (χ0) is 20.1. The molecule has 0 aromatic rings. The topological polar surface area (TPSA) is 96.5 Å². The number of rotatable bonds is 9. The molecule has 0 bridgehead atoms. The summed E-state index contributed by atoms with van der Waals surface area (Å²) >= 11 is 0. The van der Waals surface area contributed by atoms with Gasteiger partial charge in [-0.3, -0.25) is 9.59 Å². The first-order valence-corrected chi connectivity index (χ1v) is 9.96. The molecule has 0 aromatic heterocycles.